The fourth-order valence-corrected chi connectivity index (χ4v) is 6.25. The van der Waals surface area contributed by atoms with Gasteiger partial charge in [0.05, 0.1) is 9.82 Å². The lowest BCUT2D eigenvalue weighted by atomic mass is 10.1. The van der Waals surface area contributed by atoms with E-state index in [0.29, 0.717) is 24.0 Å². The Balaban J connectivity index is 1.87. The third-order valence-electron chi connectivity index (χ3n) is 5.57. The lowest BCUT2D eigenvalue weighted by Gasteiger charge is -2.28. The number of non-ortho nitro benzene ring substituents is 1. The number of nitro benzene ring substituents is 1. The minimum atomic E-state index is -3.88. The molecule has 1 N–H and O–H groups in total. The monoisotopic (exact) mass is 416 g/mol. The zero-order chi connectivity index (χ0) is 21.2. The second-order valence-corrected chi connectivity index (χ2v) is 9.81. The molecule has 1 aliphatic rings. The maximum absolute atomic E-state index is 13.6. The molecule has 2 aromatic carbocycles. The Morgan fingerprint density at radius 2 is 1.72 bits per heavy atom. The molecule has 0 unspecified atom stereocenters. The Bertz CT molecular complexity index is 1040. The maximum Gasteiger partial charge on any atom is 0.269 e. The SMILES string of the molecule is Cc1ccc(C)c(S(=O)(=O)C2(C(=O)NCc3ccc([N+](=O)[O-])cc3)CCCC2)c1. The highest BCUT2D eigenvalue weighted by Crippen LogP contribution is 2.41. The van der Waals surface area contributed by atoms with Crippen molar-refractivity contribution >= 4 is 21.4 Å². The molecule has 1 saturated carbocycles. The number of nitro groups is 1. The Morgan fingerprint density at radius 3 is 2.31 bits per heavy atom. The summed E-state index contributed by atoms with van der Waals surface area (Å²) in [7, 11) is -3.88. The molecule has 3 rings (SSSR count). The minimum absolute atomic E-state index is 0.0372. The van der Waals surface area contributed by atoms with Crippen LogP contribution in [-0.2, 0) is 21.2 Å². The van der Waals surface area contributed by atoms with E-state index in [1.807, 2.05) is 13.0 Å². The minimum Gasteiger partial charge on any atom is -0.351 e. The van der Waals surface area contributed by atoms with E-state index in [-0.39, 0.29) is 30.0 Å². The molecule has 1 amide bonds. The number of amides is 1. The van der Waals surface area contributed by atoms with Crippen molar-refractivity contribution in [3.05, 3.63) is 69.3 Å². The van der Waals surface area contributed by atoms with Gasteiger partial charge in [0.2, 0.25) is 5.91 Å². The van der Waals surface area contributed by atoms with Crippen molar-refractivity contribution < 1.29 is 18.1 Å². The smallest absolute Gasteiger partial charge is 0.269 e. The summed E-state index contributed by atoms with van der Waals surface area (Å²) in [6.07, 6.45) is 1.92. The number of carbonyl (C=O) groups is 1. The van der Waals surface area contributed by atoms with Crippen LogP contribution in [0.15, 0.2) is 47.4 Å². The molecule has 7 nitrogen and oxygen atoms in total. The summed E-state index contributed by atoms with van der Waals surface area (Å²) in [5, 5.41) is 13.5. The molecule has 154 valence electrons. The molecule has 0 heterocycles. The third kappa shape index (κ3) is 3.89. The topological polar surface area (TPSA) is 106 Å². The van der Waals surface area contributed by atoms with Gasteiger partial charge in [0, 0.05) is 18.7 Å². The van der Waals surface area contributed by atoms with Crippen molar-refractivity contribution in [2.45, 2.75) is 55.7 Å². The lowest BCUT2D eigenvalue weighted by molar-refractivity contribution is -0.384. The highest BCUT2D eigenvalue weighted by molar-refractivity contribution is 7.93. The molecule has 0 radical (unpaired) electrons. The second kappa shape index (κ2) is 7.94. The van der Waals surface area contributed by atoms with Gasteiger partial charge >= 0.3 is 0 Å². The molecule has 0 aliphatic heterocycles. The molecule has 2 aromatic rings. The molecule has 1 aliphatic carbocycles. The number of nitrogens with zero attached hydrogens (tertiary/aromatic N) is 1. The first kappa shape index (κ1) is 21.0. The van der Waals surface area contributed by atoms with Gasteiger partial charge in [0.15, 0.2) is 14.6 Å². The molecule has 0 saturated heterocycles. The Labute approximate surface area is 170 Å². The fraction of sp³-hybridized carbons (Fsp3) is 0.381. The van der Waals surface area contributed by atoms with E-state index >= 15 is 0 Å². The third-order valence-corrected chi connectivity index (χ3v) is 8.21. The summed E-state index contributed by atoms with van der Waals surface area (Å²) in [5.41, 5.74) is 2.09. The van der Waals surface area contributed by atoms with Gasteiger partial charge in [-0.1, -0.05) is 37.1 Å². The predicted molar refractivity (Wildman–Crippen MR) is 109 cm³/mol. The first-order valence-electron chi connectivity index (χ1n) is 9.51. The van der Waals surface area contributed by atoms with Crippen LogP contribution in [0.2, 0.25) is 0 Å². The van der Waals surface area contributed by atoms with Crippen LogP contribution in [0.1, 0.15) is 42.4 Å². The van der Waals surface area contributed by atoms with E-state index in [1.54, 1.807) is 31.2 Å². The van der Waals surface area contributed by atoms with Gasteiger partial charge in [0.1, 0.15) is 0 Å². The van der Waals surface area contributed by atoms with Crippen molar-refractivity contribution in [3.8, 4) is 0 Å². The average molecular weight is 416 g/mol. The largest absolute Gasteiger partial charge is 0.351 e. The normalized spacial score (nSPS) is 15.8. The highest BCUT2D eigenvalue weighted by atomic mass is 32.2. The Morgan fingerprint density at radius 1 is 1.10 bits per heavy atom. The summed E-state index contributed by atoms with van der Waals surface area (Å²) < 4.78 is 25.7. The summed E-state index contributed by atoms with van der Waals surface area (Å²) in [6.45, 7) is 3.68. The van der Waals surface area contributed by atoms with Crippen LogP contribution in [-0.4, -0.2) is 24.0 Å². The molecule has 0 aromatic heterocycles. The summed E-state index contributed by atoms with van der Waals surface area (Å²) in [6, 6.07) is 11.1. The lowest BCUT2D eigenvalue weighted by Crippen LogP contribution is -2.50. The summed E-state index contributed by atoms with van der Waals surface area (Å²) >= 11 is 0. The van der Waals surface area contributed by atoms with Gasteiger partial charge in [-0.25, -0.2) is 8.42 Å². The van der Waals surface area contributed by atoms with Gasteiger partial charge in [-0.3, -0.25) is 14.9 Å². The highest BCUT2D eigenvalue weighted by Gasteiger charge is 2.53. The Kier molecular flexibility index (Phi) is 5.75. The maximum atomic E-state index is 13.6. The van der Waals surface area contributed by atoms with E-state index in [9.17, 15) is 23.3 Å². The molecule has 8 heteroatoms. The van der Waals surface area contributed by atoms with Crippen LogP contribution in [0, 0.1) is 24.0 Å². The molecular weight excluding hydrogens is 392 g/mol. The van der Waals surface area contributed by atoms with E-state index < -0.39 is 25.4 Å². The van der Waals surface area contributed by atoms with Crippen molar-refractivity contribution in [2.75, 3.05) is 0 Å². The number of rotatable bonds is 6. The fourth-order valence-electron chi connectivity index (χ4n) is 3.85. The number of hydrogen-bond donors (Lipinski definition) is 1. The van der Waals surface area contributed by atoms with Crippen LogP contribution in [0.5, 0.6) is 0 Å². The average Bonchev–Trinajstić information content (AvgIpc) is 3.20. The van der Waals surface area contributed by atoms with Crippen LogP contribution in [0.3, 0.4) is 0 Å². The first-order chi connectivity index (χ1) is 13.7. The van der Waals surface area contributed by atoms with E-state index in [1.165, 1.54) is 12.1 Å². The number of nitrogens with one attached hydrogen (secondary N) is 1. The van der Waals surface area contributed by atoms with Crippen LogP contribution in [0.4, 0.5) is 5.69 Å². The van der Waals surface area contributed by atoms with Crippen LogP contribution < -0.4 is 5.32 Å². The molecule has 29 heavy (non-hydrogen) atoms. The van der Waals surface area contributed by atoms with Gasteiger partial charge in [-0.15, -0.1) is 0 Å². The predicted octanol–water partition coefficient (Wildman–Crippen LogP) is 3.61. The van der Waals surface area contributed by atoms with Crippen molar-refractivity contribution in [1.82, 2.24) is 5.32 Å². The van der Waals surface area contributed by atoms with Gasteiger partial charge in [-0.2, -0.15) is 0 Å². The number of aryl methyl sites for hydroxylation is 2. The van der Waals surface area contributed by atoms with Crippen LogP contribution >= 0.6 is 0 Å². The van der Waals surface area contributed by atoms with Crippen molar-refractivity contribution in [3.63, 3.8) is 0 Å². The number of hydrogen-bond acceptors (Lipinski definition) is 5. The molecular formula is C21H24N2O5S. The van der Waals surface area contributed by atoms with Gasteiger partial charge in [-0.05, 0) is 49.4 Å². The summed E-state index contributed by atoms with van der Waals surface area (Å²) in [5.74, 6) is -0.505. The quantitative estimate of drug-likeness (QED) is 0.572. The number of benzene rings is 2. The molecule has 1 fully saturated rings. The Hall–Kier alpha value is -2.74. The zero-order valence-electron chi connectivity index (χ0n) is 16.5. The number of sulfone groups is 1. The molecule has 0 bridgehead atoms. The first-order valence-corrected chi connectivity index (χ1v) is 11.0. The van der Waals surface area contributed by atoms with E-state index in [0.717, 1.165) is 5.56 Å². The number of carbonyl (C=O) groups excluding carboxylic acids is 1. The van der Waals surface area contributed by atoms with Gasteiger partial charge < -0.3 is 5.32 Å². The summed E-state index contributed by atoms with van der Waals surface area (Å²) in [4.78, 5) is 23.6. The van der Waals surface area contributed by atoms with E-state index in [4.69, 9.17) is 0 Å². The molecule has 0 atom stereocenters. The molecule has 0 spiro atoms. The zero-order valence-corrected chi connectivity index (χ0v) is 17.3. The standard InChI is InChI=1S/C21H24N2O5S/c1-15-5-6-16(2)19(13-15)29(27,28)21(11-3-4-12-21)20(24)22-14-17-7-9-18(10-8-17)23(25)26/h5-10,13H,3-4,11-12,14H2,1-2H3,(H,22,24). The van der Waals surface area contributed by atoms with Crippen molar-refractivity contribution in [1.29, 1.82) is 0 Å². The van der Waals surface area contributed by atoms with Crippen molar-refractivity contribution in [2.24, 2.45) is 0 Å². The van der Waals surface area contributed by atoms with Crippen LogP contribution in [0.25, 0.3) is 0 Å². The van der Waals surface area contributed by atoms with E-state index in [2.05, 4.69) is 5.32 Å². The van der Waals surface area contributed by atoms with Gasteiger partial charge in [0.25, 0.3) is 5.69 Å². The second-order valence-electron chi connectivity index (χ2n) is 7.58.